The van der Waals surface area contributed by atoms with E-state index in [1.54, 1.807) is 0 Å². The Kier molecular flexibility index (Phi) is 3.66. The minimum Gasteiger partial charge on any atom is -0.382 e. The monoisotopic (exact) mass is 273 g/mol. The Balaban J connectivity index is 2.17. The number of carbonyl (C=O) groups is 1. The zero-order chi connectivity index (χ0) is 14.7. The molecule has 0 unspecified atom stereocenters. The van der Waals surface area contributed by atoms with Gasteiger partial charge in [0.1, 0.15) is 17.3 Å². The zero-order valence-electron chi connectivity index (χ0n) is 10.7. The number of anilines is 1. The summed E-state index contributed by atoms with van der Waals surface area (Å²) in [4.78, 5) is 13.4. The Morgan fingerprint density at radius 3 is 2.90 bits per heavy atom. The lowest BCUT2D eigenvalue weighted by molar-refractivity contribution is 0.0778. The predicted octanol–water partition coefficient (Wildman–Crippen LogP) is 1.27. The van der Waals surface area contributed by atoms with Crippen molar-refractivity contribution in [2.45, 2.75) is 6.54 Å². The third kappa shape index (κ3) is 2.75. The highest BCUT2D eigenvalue weighted by atomic mass is 19.1. The number of hydrogen-bond donors (Lipinski definition) is 2. The molecule has 0 bridgehead atoms. The lowest BCUT2D eigenvalue weighted by atomic mass is 10.1. The first-order valence-corrected chi connectivity index (χ1v) is 5.76. The van der Waals surface area contributed by atoms with Crippen LogP contribution in [0, 0.1) is 17.1 Å². The van der Waals surface area contributed by atoms with Crippen molar-refractivity contribution in [2.75, 3.05) is 12.8 Å². The fourth-order valence-electron chi connectivity index (χ4n) is 1.75. The second kappa shape index (κ2) is 5.40. The second-order valence-corrected chi connectivity index (χ2v) is 4.29. The van der Waals surface area contributed by atoms with Crippen LogP contribution >= 0.6 is 0 Å². The fourth-order valence-corrected chi connectivity index (χ4v) is 1.75. The van der Waals surface area contributed by atoms with Crippen molar-refractivity contribution in [2.24, 2.45) is 0 Å². The SMILES string of the molecule is CN(Cc1cc(C#N)ccc1F)C(=O)c1cc(N)n[nH]1. The van der Waals surface area contributed by atoms with E-state index in [1.165, 1.54) is 36.2 Å². The summed E-state index contributed by atoms with van der Waals surface area (Å²) in [6.07, 6.45) is 0. The number of H-pyrrole nitrogens is 1. The number of aromatic amines is 1. The lowest BCUT2D eigenvalue weighted by Gasteiger charge is -2.16. The first-order valence-electron chi connectivity index (χ1n) is 5.76. The highest BCUT2D eigenvalue weighted by molar-refractivity contribution is 5.92. The largest absolute Gasteiger partial charge is 0.382 e. The molecule has 1 heterocycles. The van der Waals surface area contributed by atoms with Gasteiger partial charge in [-0.3, -0.25) is 9.89 Å². The number of hydrogen-bond acceptors (Lipinski definition) is 4. The van der Waals surface area contributed by atoms with Crippen LogP contribution in [0.5, 0.6) is 0 Å². The predicted molar refractivity (Wildman–Crippen MR) is 69.9 cm³/mol. The van der Waals surface area contributed by atoms with Gasteiger partial charge in [-0.05, 0) is 18.2 Å². The number of nitrogens with two attached hydrogens (primary N) is 1. The van der Waals surface area contributed by atoms with Gasteiger partial charge in [-0.1, -0.05) is 0 Å². The Bertz CT molecular complexity index is 688. The van der Waals surface area contributed by atoms with Gasteiger partial charge in [-0.15, -0.1) is 0 Å². The third-order valence-electron chi connectivity index (χ3n) is 2.76. The van der Waals surface area contributed by atoms with Crippen LogP contribution in [0.25, 0.3) is 0 Å². The summed E-state index contributed by atoms with van der Waals surface area (Å²) in [6.45, 7) is 0.0408. The van der Waals surface area contributed by atoms with Gasteiger partial charge in [0.25, 0.3) is 5.91 Å². The van der Waals surface area contributed by atoms with E-state index in [0.29, 0.717) is 5.56 Å². The van der Waals surface area contributed by atoms with Crippen LogP contribution in [-0.2, 0) is 6.54 Å². The molecule has 0 aliphatic rings. The molecule has 0 aliphatic carbocycles. The van der Waals surface area contributed by atoms with Gasteiger partial charge in [-0.2, -0.15) is 10.4 Å². The summed E-state index contributed by atoms with van der Waals surface area (Å²) in [7, 11) is 1.53. The molecule has 0 aliphatic heterocycles. The van der Waals surface area contributed by atoms with Gasteiger partial charge in [0.2, 0.25) is 0 Å². The summed E-state index contributed by atoms with van der Waals surface area (Å²) in [6, 6.07) is 7.34. The molecule has 1 aromatic heterocycles. The number of benzene rings is 1. The second-order valence-electron chi connectivity index (χ2n) is 4.29. The van der Waals surface area contributed by atoms with E-state index in [4.69, 9.17) is 11.0 Å². The van der Waals surface area contributed by atoms with Crippen LogP contribution in [0.3, 0.4) is 0 Å². The van der Waals surface area contributed by atoms with E-state index in [1.807, 2.05) is 6.07 Å². The van der Waals surface area contributed by atoms with Crippen molar-refractivity contribution >= 4 is 11.7 Å². The molecule has 0 saturated carbocycles. The summed E-state index contributed by atoms with van der Waals surface area (Å²) < 4.78 is 13.6. The van der Waals surface area contributed by atoms with Gasteiger partial charge in [0, 0.05) is 25.2 Å². The van der Waals surface area contributed by atoms with Gasteiger partial charge in [0.05, 0.1) is 11.6 Å². The number of halogens is 1. The lowest BCUT2D eigenvalue weighted by Crippen LogP contribution is -2.27. The van der Waals surface area contributed by atoms with Crippen LogP contribution < -0.4 is 5.73 Å². The first kappa shape index (κ1) is 13.5. The normalized spacial score (nSPS) is 10.1. The van der Waals surface area contributed by atoms with Crippen molar-refractivity contribution in [1.82, 2.24) is 15.1 Å². The van der Waals surface area contributed by atoms with Crippen molar-refractivity contribution in [1.29, 1.82) is 5.26 Å². The Hall–Kier alpha value is -2.88. The van der Waals surface area contributed by atoms with Crippen LogP contribution in [0.15, 0.2) is 24.3 Å². The Morgan fingerprint density at radius 1 is 1.55 bits per heavy atom. The van der Waals surface area contributed by atoms with E-state index in [0.717, 1.165) is 0 Å². The number of nitrogens with zero attached hydrogens (tertiary/aromatic N) is 3. The number of amides is 1. The molecule has 6 nitrogen and oxygen atoms in total. The molecule has 0 radical (unpaired) electrons. The zero-order valence-corrected chi connectivity index (χ0v) is 10.7. The number of nitriles is 1. The maximum atomic E-state index is 13.6. The highest BCUT2D eigenvalue weighted by Crippen LogP contribution is 2.14. The van der Waals surface area contributed by atoms with Crippen molar-refractivity contribution < 1.29 is 9.18 Å². The van der Waals surface area contributed by atoms with E-state index in [-0.39, 0.29) is 29.5 Å². The fraction of sp³-hybridized carbons (Fsp3) is 0.154. The number of aromatic nitrogens is 2. The van der Waals surface area contributed by atoms with Gasteiger partial charge >= 0.3 is 0 Å². The molecule has 3 N–H and O–H groups in total. The summed E-state index contributed by atoms with van der Waals surface area (Å²) in [5.41, 5.74) is 6.26. The van der Waals surface area contributed by atoms with Crippen LogP contribution in [-0.4, -0.2) is 28.1 Å². The molecule has 2 rings (SSSR count). The highest BCUT2D eigenvalue weighted by Gasteiger charge is 2.16. The van der Waals surface area contributed by atoms with E-state index in [9.17, 15) is 9.18 Å². The topological polar surface area (TPSA) is 98.8 Å². The smallest absolute Gasteiger partial charge is 0.271 e. The molecule has 20 heavy (non-hydrogen) atoms. The first-order chi connectivity index (χ1) is 9.51. The van der Waals surface area contributed by atoms with Crippen molar-refractivity contribution in [3.05, 3.63) is 46.9 Å². The van der Waals surface area contributed by atoms with Crippen LogP contribution in [0.1, 0.15) is 21.6 Å². The molecular weight excluding hydrogens is 261 g/mol. The van der Waals surface area contributed by atoms with Gasteiger partial charge < -0.3 is 10.6 Å². The number of nitrogen functional groups attached to an aromatic ring is 1. The molecule has 7 heteroatoms. The third-order valence-corrected chi connectivity index (χ3v) is 2.76. The van der Waals surface area contributed by atoms with Crippen LogP contribution in [0.2, 0.25) is 0 Å². The minimum absolute atomic E-state index is 0.0408. The molecule has 0 fully saturated rings. The average Bonchev–Trinajstić information content (AvgIpc) is 2.87. The quantitative estimate of drug-likeness (QED) is 0.879. The molecule has 0 spiro atoms. The molecule has 2 aromatic rings. The van der Waals surface area contributed by atoms with Gasteiger partial charge in [0.15, 0.2) is 0 Å². The standard InChI is InChI=1S/C13H12FN5O/c1-19(13(20)11-5-12(16)18-17-11)7-9-4-8(6-15)2-3-10(9)14/h2-5H,7H2,1H3,(H3,16,17,18). The molecular formula is C13H12FN5O. The van der Waals surface area contributed by atoms with Gasteiger partial charge in [-0.25, -0.2) is 4.39 Å². The number of rotatable bonds is 3. The Labute approximate surface area is 114 Å². The molecule has 1 amide bonds. The molecule has 0 atom stereocenters. The molecule has 0 saturated heterocycles. The summed E-state index contributed by atoms with van der Waals surface area (Å²) >= 11 is 0. The molecule has 102 valence electrons. The summed E-state index contributed by atoms with van der Waals surface area (Å²) in [5.74, 6) is -0.622. The summed E-state index contributed by atoms with van der Waals surface area (Å²) in [5, 5.41) is 15.0. The number of nitrogens with one attached hydrogen (secondary N) is 1. The van der Waals surface area contributed by atoms with E-state index in [2.05, 4.69) is 10.2 Å². The molecule has 1 aromatic carbocycles. The maximum absolute atomic E-state index is 13.6. The maximum Gasteiger partial charge on any atom is 0.271 e. The minimum atomic E-state index is -0.465. The van der Waals surface area contributed by atoms with Crippen LogP contribution in [0.4, 0.5) is 10.2 Å². The van der Waals surface area contributed by atoms with Crippen molar-refractivity contribution in [3.8, 4) is 6.07 Å². The van der Waals surface area contributed by atoms with E-state index >= 15 is 0 Å². The van der Waals surface area contributed by atoms with E-state index < -0.39 is 5.82 Å². The van der Waals surface area contributed by atoms with Crippen molar-refractivity contribution in [3.63, 3.8) is 0 Å². The number of carbonyl (C=O) groups excluding carboxylic acids is 1. The Morgan fingerprint density at radius 2 is 2.30 bits per heavy atom. The average molecular weight is 273 g/mol.